The number of thiophene rings is 1. The molecule has 1 aromatic heterocycles. The Morgan fingerprint density at radius 2 is 2.00 bits per heavy atom. The van der Waals surface area contributed by atoms with Crippen LogP contribution in [-0.2, 0) is 19.4 Å². The molecule has 1 heterocycles. The highest BCUT2D eigenvalue weighted by Crippen LogP contribution is 2.37. The quantitative estimate of drug-likeness (QED) is 0.674. The highest BCUT2D eigenvalue weighted by atomic mass is 32.1. The largest absolute Gasteiger partial charge is 0.396 e. The van der Waals surface area contributed by atoms with E-state index in [1.54, 1.807) is 11.3 Å². The van der Waals surface area contributed by atoms with Gasteiger partial charge in [-0.15, -0.1) is 11.3 Å². The minimum atomic E-state index is -0.0363. The predicted octanol–water partition coefficient (Wildman–Crippen LogP) is 2.33. The molecule has 2 aromatic rings. The van der Waals surface area contributed by atoms with Crippen molar-refractivity contribution in [3.8, 4) is 0 Å². The molecule has 0 unspecified atom stereocenters. The minimum Gasteiger partial charge on any atom is -0.396 e. The molecule has 5 heteroatoms. The molecule has 0 saturated carbocycles. The molecule has 0 fully saturated rings. The summed E-state index contributed by atoms with van der Waals surface area (Å²) in [6, 6.07) is 9.38. The minimum absolute atomic E-state index is 0.0363. The zero-order chi connectivity index (χ0) is 16.8. The molecular weight excluding hydrogens is 320 g/mol. The Hall–Kier alpha value is -1.69. The molecule has 128 valence electrons. The van der Waals surface area contributed by atoms with Crippen molar-refractivity contribution in [2.24, 2.45) is 0 Å². The second-order valence-electron chi connectivity index (χ2n) is 6.20. The van der Waals surface area contributed by atoms with Gasteiger partial charge in [0.2, 0.25) is 0 Å². The van der Waals surface area contributed by atoms with Crippen molar-refractivity contribution >= 4 is 22.2 Å². The van der Waals surface area contributed by atoms with Gasteiger partial charge in [0, 0.05) is 29.0 Å². The lowest BCUT2D eigenvalue weighted by Crippen LogP contribution is -2.82. The van der Waals surface area contributed by atoms with E-state index in [2.05, 4.69) is 10.6 Å². The van der Waals surface area contributed by atoms with E-state index in [-0.39, 0.29) is 12.5 Å². The molecule has 1 amide bonds. The number of benzene rings is 1. The number of quaternary nitrogens is 1. The summed E-state index contributed by atoms with van der Waals surface area (Å²) < 4.78 is 0. The standard InChI is InChI=1S/C19H24N2O2S/c22-12-6-11-20-13-16-15-9-4-5-10-17(15)24-19(16)21-18(23)14-7-2-1-3-8-14/h1-3,7-8,20,22H,4-6,9-13H2,(H,21,23)/p+1. The van der Waals surface area contributed by atoms with Gasteiger partial charge in [-0.1, -0.05) is 18.2 Å². The lowest BCUT2D eigenvalue weighted by Gasteiger charge is -2.12. The van der Waals surface area contributed by atoms with Crippen LogP contribution in [0.25, 0.3) is 0 Å². The van der Waals surface area contributed by atoms with Crippen LogP contribution in [0, 0.1) is 0 Å². The van der Waals surface area contributed by atoms with Gasteiger partial charge in [0.25, 0.3) is 5.91 Å². The molecule has 0 aliphatic heterocycles. The van der Waals surface area contributed by atoms with E-state index in [9.17, 15) is 4.79 Å². The third-order valence-electron chi connectivity index (χ3n) is 4.46. The first-order chi connectivity index (χ1) is 11.8. The highest BCUT2D eigenvalue weighted by molar-refractivity contribution is 7.16. The Balaban J connectivity index is 1.78. The number of nitrogens with two attached hydrogens (primary N) is 1. The Kier molecular flexibility index (Phi) is 6.01. The number of nitrogens with one attached hydrogen (secondary N) is 1. The Morgan fingerprint density at radius 3 is 2.79 bits per heavy atom. The Labute approximate surface area is 146 Å². The lowest BCUT2D eigenvalue weighted by molar-refractivity contribution is -0.670. The highest BCUT2D eigenvalue weighted by Gasteiger charge is 2.22. The molecule has 24 heavy (non-hydrogen) atoms. The molecule has 0 spiro atoms. The molecule has 1 aliphatic carbocycles. The first kappa shape index (κ1) is 17.1. The van der Waals surface area contributed by atoms with Crippen molar-refractivity contribution in [2.45, 2.75) is 38.6 Å². The number of carbonyl (C=O) groups excluding carboxylic acids is 1. The second kappa shape index (κ2) is 8.42. The number of carbonyl (C=O) groups is 1. The van der Waals surface area contributed by atoms with Crippen molar-refractivity contribution in [2.75, 3.05) is 18.5 Å². The average molecular weight is 345 g/mol. The molecule has 1 aromatic carbocycles. The molecule has 0 radical (unpaired) electrons. The summed E-state index contributed by atoms with van der Waals surface area (Å²) in [5.74, 6) is -0.0363. The summed E-state index contributed by atoms with van der Waals surface area (Å²) in [6.07, 6.45) is 5.53. The van der Waals surface area contributed by atoms with Gasteiger partial charge >= 0.3 is 0 Å². The lowest BCUT2D eigenvalue weighted by atomic mass is 9.95. The number of aliphatic hydroxyl groups is 1. The summed E-state index contributed by atoms with van der Waals surface area (Å²) >= 11 is 1.75. The van der Waals surface area contributed by atoms with Gasteiger partial charge in [-0.3, -0.25) is 4.79 Å². The first-order valence-electron chi connectivity index (χ1n) is 8.72. The smallest absolute Gasteiger partial charge is 0.256 e. The molecule has 0 saturated heterocycles. The molecule has 0 atom stereocenters. The summed E-state index contributed by atoms with van der Waals surface area (Å²) in [6.45, 7) is 2.01. The van der Waals surface area contributed by atoms with Crippen molar-refractivity contribution in [3.63, 3.8) is 0 Å². The monoisotopic (exact) mass is 345 g/mol. The van der Waals surface area contributed by atoms with Crippen molar-refractivity contribution in [1.29, 1.82) is 0 Å². The number of fused-ring (bicyclic) bond motifs is 1. The van der Waals surface area contributed by atoms with Gasteiger partial charge in [-0.2, -0.15) is 0 Å². The van der Waals surface area contributed by atoms with E-state index < -0.39 is 0 Å². The van der Waals surface area contributed by atoms with Crippen LogP contribution in [0.1, 0.15) is 45.6 Å². The number of amides is 1. The number of hydrogen-bond acceptors (Lipinski definition) is 3. The van der Waals surface area contributed by atoms with Crippen LogP contribution in [0.5, 0.6) is 0 Å². The van der Waals surface area contributed by atoms with Crippen LogP contribution in [0.2, 0.25) is 0 Å². The van der Waals surface area contributed by atoms with E-state index in [1.807, 2.05) is 30.3 Å². The summed E-state index contributed by atoms with van der Waals surface area (Å²) in [5, 5.41) is 15.3. The zero-order valence-corrected chi connectivity index (χ0v) is 14.7. The Morgan fingerprint density at radius 1 is 1.21 bits per heavy atom. The maximum Gasteiger partial charge on any atom is 0.256 e. The van der Waals surface area contributed by atoms with Gasteiger partial charge in [0.15, 0.2) is 0 Å². The number of aliphatic hydroxyl groups excluding tert-OH is 1. The number of aryl methyl sites for hydroxylation is 1. The normalized spacial score (nSPS) is 13.5. The van der Waals surface area contributed by atoms with E-state index in [1.165, 1.54) is 28.8 Å². The van der Waals surface area contributed by atoms with E-state index in [4.69, 9.17) is 5.11 Å². The van der Waals surface area contributed by atoms with Crippen molar-refractivity contribution in [1.82, 2.24) is 0 Å². The van der Waals surface area contributed by atoms with Gasteiger partial charge < -0.3 is 15.7 Å². The summed E-state index contributed by atoms with van der Waals surface area (Å²) in [4.78, 5) is 13.9. The van der Waals surface area contributed by atoms with Crippen LogP contribution in [0.4, 0.5) is 5.00 Å². The van der Waals surface area contributed by atoms with Crippen LogP contribution >= 0.6 is 11.3 Å². The first-order valence-corrected chi connectivity index (χ1v) is 9.53. The van der Waals surface area contributed by atoms with Gasteiger partial charge in [-0.05, 0) is 43.4 Å². The Bertz CT molecular complexity index is 682. The summed E-state index contributed by atoms with van der Waals surface area (Å²) in [7, 11) is 0. The fourth-order valence-electron chi connectivity index (χ4n) is 3.19. The van der Waals surface area contributed by atoms with Crippen LogP contribution in [-0.4, -0.2) is 24.2 Å². The maximum absolute atomic E-state index is 12.5. The van der Waals surface area contributed by atoms with E-state index >= 15 is 0 Å². The van der Waals surface area contributed by atoms with Gasteiger partial charge in [0.05, 0.1) is 6.54 Å². The van der Waals surface area contributed by atoms with E-state index in [0.717, 1.165) is 37.4 Å². The fourth-order valence-corrected chi connectivity index (χ4v) is 4.51. The number of hydrogen-bond donors (Lipinski definition) is 3. The van der Waals surface area contributed by atoms with Crippen LogP contribution in [0.3, 0.4) is 0 Å². The molecule has 4 nitrogen and oxygen atoms in total. The van der Waals surface area contributed by atoms with Crippen molar-refractivity contribution < 1.29 is 15.2 Å². The fraction of sp³-hybridized carbons (Fsp3) is 0.421. The summed E-state index contributed by atoms with van der Waals surface area (Å²) in [5.41, 5.74) is 3.44. The van der Waals surface area contributed by atoms with Gasteiger partial charge in [-0.25, -0.2) is 0 Å². The topological polar surface area (TPSA) is 65.9 Å². The number of anilines is 1. The molecule has 3 rings (SSSR count). The molecule has 0 bridgehead atoms. The molecule has 4 N–H and O–H groups in total. The third kappa shape index (κ3) is 4.04. The number of rotatable bonds is 7. The zero-order valence-electron chi connectivity index (χ0n) is 13.9. The van der Waals surface area contributed by atoms with Gasteiger partial charge in [0.1, 0.15) is 11.5 Å². The van der Waals surface area contributed by atoms with Crippen LogP contribution in [0.15, 0.2) is 30.3 Å². The SMILES string of the molecule is O=C(Nc1sc2c(c1C[NH2+]CCCO)CCCC2)c1ccccc1. The molecular formula is C19H25N2O2S+. The van der Waals surface area contributed by atoms with Crippen LogP contribution < -0.4 is 10.6 Å². The third-order valence-corrected chi connectivity index (χ3v) is 5.71. The predicted molar refractivity (Wildman–Crippen MR) is 97.6 cm³/mol. The molecule has 1 aliphatic rings. The average Bonchev–Trinajstić information content (AvgIpc) is 2.97. The second-order valence-corrected chi connectivity index (χ2v) is 7.30. The van der Waals surface area contributed by atoms with E-state index in [0.29, 0.717) is 5.56 Å². The maximum atomic E-state index is 12.5. The van der Waals surface area contributed by atoms with Crippen molar-refractivity contribution in [3.05, 3.63) is 51.9 Å².